The number of nitrogens with zero attached hydrogens (tertiary/aromatic N) is 2. The number of rotatable bonds is 6. The maximum Gasteiger partial charge on any atom is 0.338 e. The quantitative estimate of drug-likeness (QED) is 0.506. The van der Waals surface area contributed by atoms with Gasteiger partial charge in [-0.1, -0.05) is 24.3 Å². The van der Waals surface area contributed by atoms with Gasteiger partial charge in [0.05, 0.1) is 18.2 Å². The maximum atomic E-state index is 13.5. The van der Waals surface area contributed by atoms with Crippen LogP contribution in [-0.4, -0.2) is 43.7 Å². The number of hydrogen-bond acceptors (Lipinski definition) is 4. The Morgan fingerprint density at radius 3 is 1.78 bits per heavy atom. The van der Waals surface area contributed by atoms with Crippen LogP contribution in [0.15, 0.2) is 72.8 Å². The van der Waals surface area contributed by atoms with Crippen LogP contribution in [0.5, 0.6) is 0 Å². The van der Waals surface area contributed by atoms with Gasteiger partial charge in [-0.3, -0.25) is 4.90 Å². The van der Waals surface area contributed by atoms with E-state index in [1.165, 1.54) is 24.3 Å². The predicted molar refractivity (Wildman–Crippen MR) is 121 cm³/mol. The van der Waals surface area contributed by atoms with E-state index >= 15 is 0 Å². The molecule has 4 rings (SSSR count). The lowest BCUT2D eigenvalue weighted by atomic mass is 9.96. The highest BCUT2D eigenvalue weighted by Gasteiger charge is 2.27. The van der Waals surface area contributed by atoms with Gasteiger partial charge in [0.25, 0.3) is 0 Å². The first-order valence-corrected chi connectivity index (χ1v) is 10.8. The fraction of sp³-hybridized carbons (Fsp3) is 0.269. The average Bonchev–Trinajstić information content (AvgIpc) is 2.82. The van der Waals surface area contributed by atoms with E-state index in [1.807, 2.05) is 12.1 Å². The van der Waals surface area contributed by atoms with Gasteiger partial charge in [0.15, 0.2) is 0 Å². The summed E-state index contributed by atoms with van der Waals surface area (Å²) in [5.41, 5.74) is 3.55. The van der Waals surface area contributed by atoms with Crippen molar-refractivity contribution in [3.63, 3.8) is 0 Å². The topological polar surface area (TPSA) is 32.8 Å². The molecule has 1 saturated heterocycles. The molecule has 1 aliphatic heterocycles. The molecule has 32 heavy (non-hydrogen) atoms. The van der Waals surface area contributed by atoms with Crippen LogP contribution in [0.1, 0.15) is 34.5 Å². The van der Waals surface area contributed by atoms with Gasteiger partial charge in [-0.05, 0) is 66.6 Å². The Labute approximate surface area is 187 Å². The number of benzene rings is 3. The summed E-state index contributed by atoms with van der Waals surface area (Å²) in [6.45, 7) is 5.33. The van der Waals surface area contributed by atoms with Crippen molar-refractivity contribution in [3.05, 3.63) is 101 Å². The zero-order valence-corrected chi connectivity index (χ0v) is 18.0. The molecule has 3 aromatic carbocycles. The number of halogens is 2. The van der Waals surface area contributed by atoms with E-state index in [0.717, 1.165) is 43.0 Å². The summed E-state index contributed by atoms with van der Waals surface area (Å²) in [5.74, 6) is -0.865. The summed E-state index contributed by atoms with van der Waals surface area (Å²) in [7, 11) is 0. The molecule has 166 valence electrons. The molecule has 1 fully saturated rings. The van der Waals surface area contributed by atoms with Crippen molar-refractivity contribution in [2.75, 3.05) is 37.7 Å². The van der Waals surface area contributed by atoms with Crippen molar-refractivity contribution >= 4 is 11.7 Å². The van der Waals surface area contributed by atoms with E-state index in [0.29, 0.717) is 12.2 Å². The molecule has 0 radical (unpaired) electrons. The molecule has 0 aliphatic carbocycles. The minimum Gasteiger partial charge on any atom is -0.462 e. The second-order valence-corrected chi connectivity index (χ2v) is 7.80. The van der Waals surface area contributed by atoms with E-state index in [4.69, 9.17) is 4.74 Å². The minimum atomic E-state index is -0.315. The summed E-state index contributed by atoms with van der Waals surface area (Å²) in [6, 6.07) is 20.4. The van der Waals surface area contributed by atoms with E-state index in [2.05, 4.69) is 9.80 Å². The standard InChI is InChI=1S/C26H26F2N2O2/c1-2-32-26(31)21-7-13-24(14-8-21)29-15-17-30(18-16-29)25(19-3-9-22(27)10-4-19)20-5-11-23(28)12-6-20/h3-14,25H,2,15-18H2,1H3. The summed E-state index contributed by atoms with van der Waals surface area (Å²) >= 11 is 0. The third kappa shape index (κ3) is 4.97. The summed E-state index contributed by atoms with van der Waals surface area (Å²) < 4.78 is 32.1. The molecule has 1 heterocycles. The number of piperazine rings is 1. The molecular weight excluding hydrogens is 410 g/mol. The van der Waals surface area contributed by atoms with Crippen LogP contribution in [0, 0.1) is 11.6 Å². The maximum absolute atomic E-state index is 13.5. The SMILES string of the molecule is CCOC(=O)c1ccc(N2CCN(C(c3ccc(F)cc3)c3ccc(F)cc3)CC2)cc1. The second kappa shape index (κ2) is 9.92. The van der Waals surface area contributed by atoms with Crippen LogP contribution < -0.4 is 4.90 Å². The summed E-state index contributed by atoms with van der Waals surface area (Å²) in [5, 5.41) is 0. The number of carbonyl (C=O) groups is 1. The number of esters is 1. The number of carbonyl (C=O) groups excluding carboxylic acids is 1. The fourth-order valence-corrected chi connectivity index (χ4v) is 4.17. The van der Waals surface area contributed by atoms with E-state index in [9.17, 15) is 13.6 Å². The van der Waals surface area contributed by atoms with Crippen LogP contribution in [0.3, 0.4) is 0 Å². The second-order valence-electron chi connectivity index (χ2n) is 7.80. The van der Waals surface area contributed by atoms with Crippen LogP contribution in [0.25, 0.3) is 0 Å². The molecule has 0 saturated carbocycles. The van der Waals surface area contributed by atoms with E-state index < -0.39 is 0 Å². The molecule has 0 bridgehead atoms. The number of anilines is 1. The summed E-state index contributed by atoms with van der Waals surface area (Å²) in [4.78, 5) is 16.5. The normalized spacial score (nSPS) is 14.6. The van der Waals surface area contributed by atoms with Crippen molar-refractivity contribution in [1.82, 2.24) is 4.90 Å². The molecule has 0 spiro atoms. The van der Waals surface area contributed by atoms with Crippen LogP contribution in [0.2, 0.25) is 0 Å². The Kier molecular flexibility index (Phi) is 6.81. The fourth-order valence-electron chi connectivity index (χ4n) is 4.17. The lowest BCUT2D eigenvalue weighted by molar-refractivity contribution is 0.0526. The first kappa shape index (κ1) is 22.0. The molecule has 0 aromatic heterocycles. The molecule has 0 atom stereocenters. The average molecular weight is 437 g/mol. The Bertz CT molecular complexity index is 983. The van der Waals surface area contributed by atoms with Crippen molar-refractivity contribution in [2.45, 2.75) is 13.0 Å². The van der Waals surface area contributed by atoms with Crippen molar-refractivity contribution in [1.29, 1.82) is 0 Å². The number of hydrogen-bond donors (Lipinski definition) is 0. The Morgan fingerprint density at radius 1 is 0.812 bits per heavy atom. The zero-order chi connectivity index (χ0) is 22.5. The zero-order valence-electron chi connectivity index (χ0n) is 18.0. The van der Waals surface area contributed by atoms with E-state index in [-0.39, 0.29) is 23.6 Å². The number of ether oxygens (including phenoxy) is 1. The third-order valence-corrected chi connectivity index (χ3v) is 5.79. The van der Waals surface area contributed by atoms with Crippen LogP contribution >= 0.6 is 0 Å². The summed E-state index contributed by atoms with van der Waals surface area (Å²) in [6.07, 6.45) is 0. The van der Waals surface area contributed by atoms with Crippen LogP contribution in [-0.2, 0) is 4.74 Å². The van der Waals surface area contributed by atoms with Gasteiger partial charge < -0.3 is 9.64 Å². The highest BCUT2D eigenvalue weighted by atomic mass is 19.1. The molecule has 6 heteroatoms. The lowest BCUT2D eigenvalue weighted by Crippen LogP contribution is -2.48. The molecule has 4 nitrogen and oxygen atoms in total. The highest BCUT2D eigenvalue weighted by molar-refractivity contribution is 5.89. The first-order chi connectivity index (χ1) is 15.5. The highest BCUT2D eigenvalue weighted by Crippen LogP contribution is 2.31. The molecule has 0 N–H and O–H groups in total. The monoisotopic (exact) mass is 436 g/mol. The molecule has 0 unspecified atom stereocenters. The van der Waals surface area contributed by atoms with Gasteiger partial charge in [0.1, 0.15) is 11.6 Å². The predicted octanol–water partition coefficient (Wildman–Crippen LogP) is 5.05. The van der Waals surface area contributed by atoms with Gasteiger partial charge >= 0.3 is 5.97 Å². The van der Waals surface area contributed by atoms with Crippen LogP contribution in [0.4, 0.5) is 14.5 Å². The van der Waals surface area contributed by atoms with Gasteiger partial charge in [0.2, 0.25) is 0 Å². The lowest BCUT2D eigenvalue weighted by Gasteiger charge is -2.40. The first-order valence-electron chi connectivity index (χ1n) is 10.8. The smallest absolute Gasteiger partial charge is 0.338 e. The van der Waals surface area contributed by atoms with Crippen molar-refractivity contribution < 1.29 is 18.3 Å². The Morgan fingerprint density at radius 2 is 1.31 bits per heavy atom. The van der Waals surface area contributed by atoms with Crippen molar-refractivity contribution in [3.8, 4) is 0 Å². The Hall–Kier alpha value is -3.25. The molecule has 1 aliphatic rings. The molecular formula is C26H26F2N2O2. The van der Waals surface area contributed by atoms with Gasteiger partial charge in [0, 0.05) is 31.9 Å². The van der Waals surface area contributed by atoms with Gasteiger partial charge in [-0.25, -0.2) is 13.6 Å². The van der Waals surface area contributed by atoms with Gasteiger partial charge in [-0.2, -0.15) is 0 Å². The molecule has 3 aromatic rings. The van der Waals surface area contributed by atoms with Gasteiger partial charge in [-0.15, -0.1) is 0 Å². The van der Waals surface area contributed by atoms with Crippen molar-refractivity contribution in [2.24, 2.45) is 0 Å². The molecule has 0 amide bonds. The van der Waals surface area contributed by atoms with E-state index in [1.54, 1.807) is 43.3 Å². The Balaban J connectivity index is 1.49. The largest absolute Gasteiger partial charge is 0.462 e. The third-order valence-electron chi connectivity index (χ3n) is 5.79. The minimum absolute atomic E-state index is 0.0791.